The molecule has 2 N–H and O–H groups in total. The van der Waals surface area contributed by atoms with E-state index in [1.807, 2.05) is 37.3 Å². The van der Waals surface area contributed by atoms with Gasteiger partial charge in [-0.3, -0.25) is 4.79 Å². The van der Waals surface area contributed by atoms with Gasteiger partial charge in [-0.25, -0.2) is 9.59 Å². The van der Waals surface area contributed by atoms with E-state index in [9.17, 15) is 19.5 Å². The highest BCUT2D eigenvalue weighted by molar-refractivity contribution is 6.32. The summed E-state index contributed by atoms with van der Waals surface area (Å²) in [6, 6.07) is 9.61. The van der Waals surface area contributed by atoms with Crippen molar-refractivity contribution in [3.05, 3.63) is 63.7 Å². The zero-order valence-electron chi connectivity index (χ0n) is 18.2. The van der Waals surface area contributed by atoms with Crippen molar-refractivity contribution in [3.63, 3.8) is 0 Å². The number of amides is 1. The van der Waals surface area contributed by atoms with Gasteiger partial charge in [0.2, 0.25) is 0 Å². The van der Waals surface area contributed by atoms with Gasteiger partial charge in [-0.2, -0.15) is 0 Å². The first-order chi connectivity index (χ1) is 15.3. The summed E-state index contributed by atoms with van der Waals surface area (Å²) in [5, 5.41) is 13.6. The van der Waals surface area contributed by atoms with Crippen molar-refractivity contribution in [1.82, 2.24) is 5.32 Å². The summed E-state index contributed by atoms with van der Waals surface area (Å²) in [7, 11) is 0. The van der Waals surface area contributed by atoms with Crippen LogP contribution in [0.25, 0.3) is 0 Å². The van der Waals surface area contributed by atoms with E-state index in [2.05, 4.69) is 5.32 Å². The first-order valence-corrected chi connectivity index (χ1v) is 10.9. The number of phenolic OH excluding ortho intramolecular Hbond substituents is 1. The van der Waals surface area contributed by atoms with E-state index in [1.165, 1.54) is 6.07 Å². The predicted molar refractivity (Wildman–Crippen MR) is 119 cm³/mol. The molecule has 0 fully saturated rings. The lowest BCUT2D eigenvalue weighted by atomic mass is 9.88. The molecule has 32 heavy (non-hydrogen) atoms. The third kappa shape index (κ3) is 4.72. The van der Waals surface area contributed by atoms with Crippen molar-refractivity contribution in [3.8, 4) is 5.75 Å². The van der Waals surface area contributed by atoms with Gasteiger partial charge in [0.05, 0.1) is 12.2 Å². The minimum Gasteiger partial charge on any atom is -0.506 e. The van der Waals surface area contributed by atoms with Gasteiger partial charge < -0.3 is 19.9 Å². The van der Waals surface area contributed by atoms with E-state index in [4.69, 9.17) is 21.1 Å². The Balaban J connectivity index is 1.98. The van der Waals surface area contributed by atoms with Crippen molar-refractivity contribution in [2.75, 3.05) is 6.61 Å². The Hall–Kier alpha value is -3.06. The van der Waals surface area contributed by atoms with Gasteiger partial charge in [0, 0.05) is 17.4 Å². The highest BCUT2D eigenvalue weighted by Gasteiger charge is 2.35. The molecular weight excluding hydrogens is 434 g/mol. The lowest BCUT2D eigenvalue weighted by Gasteiger charge is -2.27. The van der Waals surface area contributed by atoms with Gasteiger partial charge in [0.1, 0.15) is 23.5 Å². The largest absolute Gasteiger partial charge is 0.506 e. The lowest BCUT2D eigenvalue weighted by Crippen LogP contribution is -2.46. The topological polar surface area (TPSA) is 102 Å². The molecule has 1 aliphatic rings. The van der Waals surface area contributed by atoms with Crippen LogP contribution in [-0.2, 0) is 20.7 Å². The molecule has 1 aliphatic heterocycles. The number of phenols is 1. The number of aromatic hydroxyl groups is 1. The highest BCUT2D eigenvalue weighted by atomic mass is 35.5. The van der Waals surface area contributed by atoms with Gasteiger partial charge >= 0.3 is 11.9 Å². The van der Waals surface area contributed by atoms with Gasteiger partial charge in [-0.15, -0.1) is 0 Å². The van der Waals surface area contributed by atoms with Crippen LogP contribution in [0.4, 0.5) is 0 Å². The van der Waals surface area contributed by atoms with Crippen molar-refractivity contribution in [1.29, 1.82) is 0 Å². The number of hydrogen-bond acceptors (Lipinski definition) is 6. The number of nitrogens with one attached hydrogen (secondary N) is 1. The molecule has 7 nitrogen and oxygen atoms in total. The van der Waals surface area contributed by atoms with E-state index >= 15 is 0 Å². The zero-order chi connectivity index (χ0) is 23.4. The Kier molecular flexibility index (Phi) is 7.40. The SMILES string of the molecule is CCOC(=O)C(NC(=O)c1cc(Cl)c2c(c1O)C(=O)OC(C)C2)C(CC)c1ccccc1. The molecule has 3 rings (SSSR count). The molecular formula is C24H26ClNO6. The molecule has 0 spiro atoms. The van der Waals surface area contributed by atoms with Crippen LogP contribution in [0.3, 0.4) is 0 Å². The second kappa shape index (κ2) is 10.0. The van der Waals surface area contributed by atoms with Crippen molar-refractivity contribution < 1.29 is 29.0 Å². The second-order valence-corrected chi connectivity index (χ2v) is 8.06. The third-order valence-corrected chi connectivity index (χ3v) is 5.84. The van der Waals surface area contributed by atoms with Crippen molar-refractivity contribution in [2.45, 2.75) is 51.7 Å². The number of rotatable bonds is 7. The number of halogens is 1. The van der Waals surface area contributed by atoms with Crippen LogP contribution in [0, 0.1) is 0 Å². The highest BCUT2D eigenvalue weighted by Crippen LogP contribution is 2.37. The van der Waals surface area contributed by atoms with Gasteiger partial charge in [-0.05, 0) is 37.5 Å². The Morgan fingerprint density at radius 2 is 1.97 bits per heavy atom. The Morgan fingerprint density at radius 1 is 1.28 bits per heavy atom. The van der Waals surface area contributed by atoms with Crippen LogP contribution < -0.4 is 5.32 Å². The fourth-order valence-electron chi connectivity index (χ4n) is 3.98. The number of esters is 2. The summed E-state index contributed by atoms with van der Waals surface area (Å²) in [5.41, 5.74) is 0.960. The van der Waals surface area contributed by atoms with Crippen LogP contribution in [0.5, 0.6) is 5.75 Å². The van der Waals surface area contributed by atoms with E-state index in [1.54, 1.807) is 13.8 Å². The summed E-state index contributed by atoms with van der Waals surface area (Å²) in [6.45, 7) is 5.45. The number of benzene rings is 2. The van der Waals surface area contributed by atoms with Gasteiger partial charge in [-0.1, -0.05) is 48.9 Å². The second-order valence-electron chi connectivity index (χ2n) is 7.66. The average Bonchev–Trinajstić information content (AvgIpc) is 2.76. The third-order valence-electron chi connectivity index (χ3n) is 5.50. The number of fused-ring (bicyclic) bond motifs is 1. The molecule has 3 atom stereocenters. The summed E-state index contributed by atoms with van der Waals surface area (Å²) in [5.74, 6) is -2.96. The van der Waals surface area contributed by atoms with E-state index in [0.29, 0.717) is 18.4 Å². The quantitative estimate of drug-likeness (QED) is 0.607. The molecule has 1 heterocycles. The summed E-state index contributed by atoms with van der Waals surface area (Å²) >= 11 is 6.34. The van der Waals surface area contributed by atoms with Crippen LogP contribution in [0.2, 0.25) is 5.02 Å². The summed E-state index contributed by atoms with van der Waals surface area (Å²) in [4.78, 5) is 38.3. The molecule has 0 aromatic heterocycles. The summed E-state index contributed by atoms with van der Waals surface area (Å²) < 4.78 is 10.4. The average molecular weight is 460 g/mol. The smallest absolute Gasteiger partial charge is 0.342 e. The maximum absolute atomic E-state index is 13.2. The monoisotopic (exact) mass is 459 g/mol. The van der Waals surface area contributed by atoms with Crippen LogP contribution in [0.15, 0.2) is 36.4 Å². The zero-order valence-corrected chi connectivity index (χ0v) is 18.9. The predicted octanol–water partition coefficient (Wildman–Crippen LogP) is 4.00. The number of ether oxygens (including phenoxy) is 2. The fraction of sp³-hybridized carbons (Fsp3) is 0.375. The van der Waals surface area contributed by atoms with Crippen molar-refractivity contribution in [2.24, 2.45) is 0 Å². The molecule has 170 valence electrons. The molecule has 0 aliphatic carbocycles. The maximum atomic E-state index is 13.2. The van der Waals surface area contributed by atoms with Crippen LogP contribution >= 0.6 is 11.6 Å². The molecule has 2 aromatic carbocycles. The lowest BCUT2D eigenvalue weighted by molar-refractivity contribution is -0.146. The number of cyclic esters (lactones) is 1. The van der Waals surface area contributed by atoms with E-state index < -0.39 is 35.7 Å². The van der Waals surface area contributed by atoms with Crippen molar-refractivity contribution >= 4 is 29.4 Å². The Morgan fingerprint density at radius 3 is 2.59 bits per heavy atom. The molecule has 0 saturated carbocycles. The molecule has 8 heteroatoms. The first kappa shape index (κ1) is 23.6. The van der Waals surface area contributed by atoms with E-state index in [0.717, 1.165) is 5.56 Å². The minimum atomic E-state index is -1.00. The molecule has 3 unspecified atom stereocenters. The molecule has 2 aromatic rings. The molecule has 0 saturated heterocycles. The first-order valence-electron chi connectivity index (χ1n) is 10.6. The summed E-state index contributed by atoms with van der Waals surface area (Å²) in [6.07, 6.45) is 0.484. The minimum absolute atomic E-state index is 0.122. The Bertz CT molecular complexity index is 1020. The molecule has 1 amide bonds. The molecule has 0 bridgehead atoms. The number of carbonyl (C=O) groups excluding carboxylic acids is 3. The van der Waals surface area contributed by atoms with Crippen LogP contribution in [0.1, 0.15) is 65.0 Å². The fourth-order valence-corrected chi connectivity index (χ4v) is 4.26. The standard InChI is InChI=1S/C24H26ClNO6/c1-4-15(14-9-7-6-8-10-14)20(24(30)31-5-2)26-22(28)17-12-18(25)16-11-13(3)32-23(29)19(16)21(17)27/h6-10,12-13,15,20,27H,4-5,11H2,1-3H3,(H,26,28). The molecule has 0 radical (unpaired) electrons. The Labute approximate surface area is 191 Å². The van der Waals surface area contributed by atoms with Gasteiger partial charge in [0.25, 0.3) is 5.91 Å². The number of carbonyl (C=O) groups is 3. The van der Waals surface area contributed by atoms with Crippen LogP contribution in [-0.4, -0.2) is 41.7 Å². The normalized spacial score (nSPS) is 17.0. The number of hydrogen-bond donors (Lipinski definition) is 2. The van der Waals surface area contributed by atoms with E-state index in [-0.39, 0.29) is 28.7 Å². The maximum Gasteiger partial charge on any atom is 0.342 e. The van der Waals surface area contributed by atoms with Gasteiger partial charge in [0.15, 0.2) is 0 Å².